The van der Waals surface area contributed by atoms with Gasteiger partial charge in [0.1, 0.15) is 0 Å². The molecule has 0 fully saturated rings. The van der Waals surface area contributed by atoms with E-state index in [1.165, 1.54) is 0 Å². The summed E-state index contributed by atoms with van der Waals surface area (Å²) < 4.78 is 0. The van der Waals surface area contributed by atoms with E-state index in [9.17, 15) is 0 Å². The fraction of sp³-hybridized carbons (Fsp3) is 0.556. The second kappa shape index (κ2) is 10.1. The van der Waals surface area contributed by atoms with Crippen LogP contribution in [0.5, 0.6) is 0 Å². The summed E-state index contributed by atoms with van der Waals surface area (Å²) in [4.78, 5) is 0. The van der Waals surface area contributed by atoms with Crippen molar-refractivity contribution in [1.82, 2.24) is 0 Å². The minimum absolute atomic E-state index is 0.166. The van der Waals surface area contributed by atoms with Crippen LogP contribution in [0.1, 0.15) is 55.4 Å². The van der Waals surface area contributed by atoms with E-state index in [4.69, 9.17) is 0 Å². The van der Waals surface area contributed by atoms with Crippen molar-refractivity contribution in [3.8, 4) is 0 Å². The van der Waals surface area contributed by atoms with E-state index in [-0.39, 0.29) is 7.92 Å². The monoisotopic (exact) mass is 464 g/mol. The molecule has 30 heavy (non-hydrogen) atoms. The SMILES string of the molecule is CC(C)P(c1ccccc1[PH](C)(C)c1ccccc1[PH](C)(C(C)C)C(C)C)C(C)C. The molecule has 2 rings (SSSR count). The molecule has 0 nitrogen and oxygen atoms in total. The maximum absolute atomic E-state index is 2.63. The summed E-state index contributed by atoms with van der Waals surface area (Å²) in [5.74, 6) is 0. The number of rotatable bonds is 8. The Morgan fingerprint density at radius 1 is 0.567 bits per heavy atom. The first-order valence-electron chi connectivity index (χ1n) is 11.8. The van der Waals surface area contributed by atoms with Crippen LogP contribution in [0.25, 0.3) is 0 Å². The van der Waals surface area contributed by atoms with Gasteiger partial charge in [-0.15, -0.1) is 0 Å². The molecule has 2 aromatic carbocycles. The second-order valence-electron chi connectivity index (χ2n) is 10.9. The van der Waals surface area contributed by atoms with Gasteiger partial charge in [-0.1, -0.05) is 0 Å². The van der Waals surface area contributed by atoms with Crippen molar-refractivity contribution in [2.45, 2.75) is 78.0 Å². The summed E-state index contributed by atoms with van der Waals surface area (Å²) >= 11 is 0. The van der Waals surface area contributed by atoms with E-state index < -0.39 is 14.5 Å². The van der Waals surface area contributed by atoms with Crippen molar-refractivity contribution in [3.05, 3.63) is 48.5 Å². The molecule has 3 heteroatoms. The van der Waals surface area contributed by atoms with Gasteiger partial charge in [0.15, 0.2) is 0 Å². The van der Waals surface area contributed by atoms with E-state index in [1.54, 1.807) is 21.2 Å². The van der Waals surface area contributed by atoms with Gasteiger partial charge in [-0.2, -0.15) is 0 Å². The van der Waals surface area contributed by atoms with Crippen LogP contribution in [0, 0.1) is 0 Å². The van der Waals surface area contributed by atoms with Crippen LogP contribution in [0.3, 0.4) is 0 Å². The van der Waals surface area contributed by atoms with E-state index in [1.807, 2.05) is 0 Å². The van der Waals surface area contributed by atoms with Crippen LogP contribution < -0.4 is 21.2 Å². The zero-order valence-corrected chi connectivity index (χ0v) is 24.3. The summed E-state index contributed by atoms with van der Waals surface area (Å²) in [5.41, 5.74) is 2.91. The first-order chi connectivity index (χ1) is 13.9. The summed E-state index contributed by atoms with van der Waals surface area (Å²) in [6.07, 6.45) is 0. The van der Waals surface area contributed by atoms with E-state index in [0.717, 1.165) is 11.3 Å². The Morgan fingerprint density at radius 3 is 1.40 bits per heavy atom. The Hall–Kier alpha value is -0.270. The van der Waals surface area contributed by atoms with E-state index in [0.29, 0.717) is 11.3 Å². The van der Waals surface area contributed by atoms with Crippen molar-refractivity contribution < 1.29 is 0 Å². The van der Waals surface area contributed by atoms with Gasteiger partial charge in [0.25, 0.3) is 0 Å². The van der Waals surface area contributed by atoms with Crippen LogP contribution >= 0.6 is 22.4 Å². The van der Waals surface area contributed by atoms with Crippen LogP contribution in [0.15, 0.2) is 48.5 Å². The topological polar surface area (TPSA) is 0 Å². The average Bonchev–Trinajstić information content (AvgIpc) is 2.66. The summed E-state index contributed by atoms with van der Waals surface area (Å²) in [6, 6.07) is 19.1. The minimum atomic E-state index is -1.85. The molecule has 0 saturated carbocycles. The summed E-state index contributed by atoms with van der Waals surface area (Å²) in [7, 11) is -3.63. The van der Waals surface area contributed by atoms with Crippen molar-refractivity contribution in [3.63, 3.8) is 0 Å². The predicted molar refractivity (Wildman–Crippen MR) is 153 cm³/mol. The maximum atomic E-state index is 2.63. The fourth-order valence-corrected chi connectivity index (χ4v) is 17.7. The molecule has 170 valence electrons. The van der Waals surface area contributed by atoms with Gasteiger partial charge in [0.2, 0.25) is 0 Å². The van der Waals surface area contributed by atoms with Gasteiger partial charge in [-0.3, -0.25) is 0 Å². The molecule has 0 heterocycles. The first kappa shape index (κ1) is 26.0. The molecule has 0 atom stereocenters. The van der Waals surface area contributed by atoms with Crippen molar-refractivity contribution >= 4 is 43.7 Å². The van der Waals surface area contributed by atoms with Crippen LogP contribution in [0.4, 0.5) is 0 Å². The van der Waals surface area contributed by atoms with Gasteiger partial charge >= 0.3 is 190 Å². The van der Waals surface area contributed by atoms with E-state index >= 15 is 0 Å². The normalized spacial score (nSPS) is 14.4. The number of hydrogen-bond donors (Lipinski definition) is 0. The molecule has 0 aliphatic rings. The Labute approximate surface area is 190 Å². The molecule has 0 aliphatic carbocycles. The second-order valence-corrected chi connectivity index (χ2v) is 24.0. The van der Waals surface area contributed by atoms with Crippen molar-refractivity contribution in [1.29, 1.82) is 0 Å². The summed E-state index contributed by atoms with van der Waals surface area (Å²) in [6.45, 7) is 27.4. The Kier molecular flexibility index (Phi) is 8.76. The molecule has 0 bridgehead atoms. The molecule has 0 N–H and O–H groups in total. The van der Waals surface area contributed by atoms with Crippen LogP contribution in [-0.2, 0) is 0 Å². The molecule has 0 radical (unpaired) electrons. The third kappa shape index (κ3) is 4.88. The van der Waals surface area contributed by atoms with Crippen LogP contribution in [-0.4, -0.2) is 42.6 Å². The molecule has 0 amide bonds. The quantitative estimate of drug-likeness (QED) is 0.397. The van der Waals surface area contributed by atoms with Gasteiger partial charge in [0, 0.05) is 0 Å². The van der Waals surface area contributed by atoms with Gasteiger partial charge in [-0.05, 0) is 0 Å². The molecular formula is C27H47P3. The molecule has 0 saturated heterocycles. The Morgan fingerprint density at radius 2 is 0.967 bits per heavy atom. The van der Waals surface area contributed by atoms with Gasteiger partial charge in [0.05, 0.1) is 0 Å². The van der Waals surface area contributed by atoms with Crippen LogP contribution in [0.2, 0.25) is 0 Å². The molecular weight excluding hydrogens is 417 g/mol. The third-order valence-electron chi connectivity index (χ3n) is 7.55. The molecule has 0 aliphatic heterocycles. The number of benzene rings is 2. The molecule has 2 aromatic rings. The summed E-state index contributed by atoms with van der Waals surface area (Å²) in [5, 5.41) is 6.76. The van der Waals surface area contributed by atoms with E-state index in [2.05, 4.69) is 124 Å². The zero-order chi connectivity index (χ0) is 22.9. The predicted octanol–water partition coefficient (Wildman–Crippen LogP) is 6.39. The van der Waals surface area contributed by atoms with Crippen molar-refractivity contribution in [2.75, 3.05) is 20.0 Å². The molecule has 0 spiro atoms. The number of hydrogen-bond acceptors (Lipinski definition) is 0. The van der Waals surface area contributed by atoms with Gasteiger partial charge < -0.3 is 0 Å². The first-order valence-corrected chi connectivity index (χ1v) is 19.0. The molecule has 0 unspecified atom stereocenters. The third-order valence-corrected chi connectivity index (χ3v) is 21.1. The Balaban J connectivity index is 2.77. The fourth-order valence-electron chi connectivity index (χ4n) is 5.31. The zero-order valence-electron chi connectivity index (χ0n) is 21.4. The van der Waals surface area contributed by atoms with Gasteiger partial charge in [-0.25, -0.2) is 0 Å². The standard InChI is InChI=1S/C27H47P3/c1-20(2)28(21(3)4)24-16-12-13-17-25(24)29(9,10)26-18-14-15-19-27(26)30(11,22(5)6)23(7)8/h12-23,29-30H,1-11H3. The average molecular weight is 465 g/mol. The molecule has 0 aromatic heterocycles. The Bertz CT molecular complexity index is 818. The van der Waals surface area contributed by atoms with Crippen molar-refractivity contribution in [2.24, 2.45) is 0 Å².